The van der Waals surface area contributed by atoms with Crippen molar-refractivity contribution in [3.8, 4) is 0 Å². The fraction of sp³-hybridized carbons (Fsp3) is 0.391. The highest BCUT2D eigenvalue weighted by Gasteiger charge is 2.39. The number of para-hydroxylation sites is 1. The van der Waals surface area contributed by atoms with Crippen molar-refractivity contribution in [1.29, 1.82) is 0 Å². The number of carbonyl (C=O) groups is 2. The molecule has 2 aromatic carbocycles. The normalized spacial score (nSPS) is 22.5. The maximum atomic E-state index is 13.2. The Balaban J connectivity index is 1.45. The summed E-state index contributed by atoms with van der Waals surface area (Å²) in [5, 5.41) is 0. The number of halogens is 3. The Labute approximate surface area is 178 Å². The third kappa shape index (κ3) is 4.58. The zero-order valence-electron chi connectivity index (χ0n) is 16.8. The molecule has 2 atom stereocenters. The highest BCUT2D eigenvalue weighted by Crippen LogP contribution is 2.32. The summed E-state index contributed by atoms with van der Waals surface area (Å²) in [5.74, 6) is -1.20. The highest BCUT2D eigenvalue weighted by atomic mass is 19.4. The van der Waals surface area contributed by atoms with Crippen LogP contribution in [0.4, 0.5) is 18.9 Å². The Morgan fingerprint density at radius 2 is 1.71 bits per heavy atom. The Hall–Kier alpha value is -2.87. The first-order valence-electron chi connectivity index (χ1n) is 10.3. The van der Waals surface area contributed by atoms with Gasteiger partial charge in [-0.05, 0) is 42.7 Å². The molecule has 0 bridgehead atoms. The molecule has 164 valence electrons. The summed E-state index contributed by atoms with van der Waals surface area (Å²) in [6.07, 6.45) is -3.71. The Bertz CT molecular complexity index is 931. The number of ether oxygens (including phenoxy) is 1. The molecule has 5 nitrogen and oxygen atoms in total. The maximum Gasteiger partial charge on any atom is 0.416 e. The van der Waals surface area contributed by atoms with Gasteiger partial charge in [-0.15, -0.1) is 0 Å². The minimum absolute atomic E-state index is 0.208. The molecule has 4 rings (SSSR count). The second-order valence-electron chi connectivity index (χ2n) is 7.78. The summed E-state index contributed by atoms with van der Waals surface area (Å²) in [7, 11) is 0. The highest BCUT2D eigenvalue weighted by molar-refractivity contribution is 6.08. The fourth-order valence-electron chi connectivity index (χ4n) is 4.13. The predicted octanol–water partition coefficient (Wildman–Crippen LogP) is 4.05. The smallest absolute Gasteiger partial charge is 0.370 e. The third-order valence-corrected chi connectivity index (χ3v) is 5.79. The van der Waals surface area contributed by atoms with E-state index in [0.717, 1.165) is 24.2 Å². The zero-order valence-corrected chi connectivity index (χ0v) is 16.8. The molecule has 0 saturated carbocycles. The average Bonchev–Trinajstić information content (AvgIpc) is 2.79. The molecule has 2 saturated heterocycles. The Kier molecular flexibility index (Phi) is 6.00. The SMILES string of the molecule is O=C(C1CCCN(c2ccccc2)C1=O)N1CCOC(c2ccc(C(F)(F)F)cc2)C1. The topological polar surface area (TPSA) is 49.9 Å². The lowest BCUT2D eigenvalue weighted by Gasteiger charge is -2.38. The quantitative estimate of drug-likeness (QED) is 0.688. The molecule has 0 N–H and O–H groups in total. The molecule has 0 aliphatic carbocycles. The van der Waals surface area contributed by atoms with Crippen molar-refractivity contribution in [1.82, 2.24) is 4.90 Å². The molecule has 2 aromatic rings. The number of nitrogens with zero attached hydrogens (tertiary/aromatic N) is 2. The van der Waals surface area contributed by atoms with Gasteiger partial charge in [-0.1, -0.05) is 30.3 Å². The Morgan fingerprint density at radius 1 is 1.00 bits per heavy atom. The van der Waals surface area contributed by atoms with E-state index in [2.05, 4.69) is 0 Å². The van der Waals surface area contributed by atoms with Crippen LogP contribution in [0, 0.1) is 5.92 Å². The van der Waals surface area contributed by atoms with E-state index in [1.54, 1.807) is 9.80 Å². The molecule has 2 heterocycles. The van der Waals surface area contributed by atoms with Gasteiger partial charge in [0, 0.05) is 18.8 Å². The van der Waals surface area contributed by atoms with Crippen LogP contribution in [0.3, 0.4) is 0 Å². The number of alkyl halides is 3. The third-order valence-electron chi connectivity index (χ3n) is 5.79. The van der Waals surface area contributed by atoms with Gasteiger partial charge in [0.2, 0.25) is 11.8 Å². The Morgan fingerprint density at radius 3 is 2.39 bits per heavy atom. The fourth-order valence-corrected chi connectivity index (χ4v) is 4.13. The molecule has 0 spiro atoms. The van der Waals surface area contributed by atoms with Crippen molar-refractivity contribution in [2.45, 2.75) is 25.1 Å². The van der Waals surface area contributed by atoms with Gasteiger partial charge in [0.25, 0.3) is 0 Å². The van der Waals surface area contributed by atoms with E-state index in [4.69, 9.17) is 4.74 Å². The van der Waals surface area contributed by atoms with Crippen molar-refractivity contribution in [3.05, 3.63) is 65.7 Å². The first-order valence-corrected chi connectivity index (χ1v) is 10.3. The van der Waals surface area contributed by atoms with Crippen LogP contribution >= 0.6 is 0 Å². The van der Waals surface area contributed by atoms with E-state index in [-0.39, 0.29) is 25.0 Å². The largest absolute Gasteiger partial charge is 0.416 e. The molecular formula is C23H23F3N2O3. The van der Waals surface area contributed by atoms with Crippen LogP contribution in [0.2, 0.25) is 0 Å². The number of piperidine rings is 1. The summed E-state index contributed by atoms with van der Waals surface area (Å²) in [6.45, 7) is 1.40. The van der Waals surface area contributed by atoms with E-state index in [1.165, 1.54) is 12.1 Å². The molecule has 2 fully saturated rings. The summed E-state index contributed by atoms with van der Waals surface area (Å²) in [6, 6.07) is 14.1. The molecule has 2 amide bonds. The van der Waals surface area contributed by atoms with Crippen molar-refractivity contribution >= 4 is 17.5 Å². The standard InChI is InChI=1S/C23H23F3N2O3/c24-23(25,26)17-10-8-16(9-11-17)20-15-27(13-14-31-20)21(29)19-7-4-12-28(22(19)30)18-5-2-1-3-6-18/h1-3,5-6,8-11,19-20H,4,7,12-15H2. The summed E-state index contributed by atoms with van der Waals surface area (Å²) in [5.41, 5.74) is 0.620. The van der Waals surface area contributed by atoms with Crippen molar-refractivity contribution in [2.75, 3.05) is 31.1 Å². The van der Waals surface area contributed by atoms with Gasteiger partial charge in [0.15, 0.2) is 0 Å². The van der Waals surface area contributed by atoms with E-state index in [0.29, 0.717) is 25.1 Å². The van der Waals surface area contributed by atoms with E-state index in [1.807, 2.05) is 30.3 Å². The average molecular weight is 432 g/mol. The predicted molar refractivity (Wildman–Crippen MR) is 108 cm³/mol. The van der Waals surface area contributed by atoms with Crippen LogP contribution in [-0.4, -0.2) is 43.0 Å². The van der Waals surface area contributed by atoms with Crippen LogP contribution in [0.5, 0.6) is 0 Å². The summed E-state index contributed by atoms with van der Waals surface area (Å²) in [4.78, 5) is 29.5. The maximum absolute atomic E-state index is 13.2. The number of hydrogen-bond acceptors (Lipinski definition) is 3. The van der Waals surface area contributed by atoms with Gasteiger partial charge in [-0.25, -0.2) is 0 Å². The minimum Gasteiger partial charge on any atom is -0.370 e. The van der Waals surface area contributed by atoms with E-state index < -0.39 is 23.8 Å². The first kappa shape index (κ1) is 21.4. The van der Waals surface area contributed by atoms with Crippen LogP contribution in [0.25, 0.3) is 0 Å². The second-order valence-corrected chi connectivity index (χ2v) is 7.78. The lowest BCUT2D eigenvalue weighted by atomic mass is 9.94. The molecule has 2 aliphatic rings. The lowest BCUT2D eigenvalue weighted by Crippen LogP contribution is -2.51. The van der Waals surface area contributed by atoms with Crippen molar-refractivity contribution in [2.24, 2.45) is 5.92 Å². The molecule has 0 aromatic heterocycles. The van der Waals surface area contributed by atoms with Gasteiger partial charge in [0.05, 0.1) is 18.7 Å². The lowest BCUT2D eigenvalue weighted by molar-refractivity contribution is -0.148. The van der Waals surface area contributed by atoms with Gasteiger partial charge >= 0.3 is 6.18 Å². The molecule has 8 heteroatoms. The second kappa shape index (κ2) is 8.70. The number of anilines is 1. The van der Waals surface area contributed by atoms with Crippen LogP contribution < -0.4 is 4.90 Å². The number of carbonyl (C=O) groups excluding carboxylic acids is 2. The minimum atomic E-state index is -4.40. The number of amides is 2. The molecular weight excluding hydrogens is 409 g/mol. The molecule has 2 aliphatic heterocycles. The van der Waals surface area contributed by atoms with Gasteiger partial charge in [0.1, 0.15) is 12.0 Å². The van der Waals surface area contributed by atoms with Gasteiger partial charge in [-0.2, -0.15) is 13.2 Å². The molecule has 31 heavy (non-hydrogen) atoms. The van der Waals surface area contributed by atoms with Gasteiger partial charge in [-0.3, -0.25) is 9.59 Å². The van der Waals surface area contributed by atoms with Gasteiger partial charge < -0.3 is 14.5 Å². The number of morpholine rings is 1. The first-order chi connectivity index (χ1) is 14.8. The summed E-state index contributed by atoms with van der Waals surface area (Å²) >= 11 is 0. The van der Waals surface area contributed by atoms with Crippen LogP contribution in [0.15, 0.2) is 54.6 Å². The number of hydrogen-bond donors (Lipinski definition) is 0. The zero-order chi connectivity index (χ0) is 22.0. The van der Waals surface area contributed by atoms with Crippen molar-refractivity contribution < 1.29 is 27.5 Å². The van der Waals surface area contributed by atoms with E-state index >= 15 is 0 Å². The number of rotatable bonds is 3. The van der Waals surface area contributed by atoms with E-state index in [9.17, 15) is 22.8 Å². The summed E-state index contributed by atoms with van der Waals surface area (Å²) < 4.78 is 44.1. The monoisotopic (exact) mass is 432 g/mol. The molecule has 0 radical (unpaired) electrons. The van der Waals surface area contributed by atoms with Crippen LogP contribution in [-0.2, 0) is 20.5 Å². The number of benzene rings is 2. The van der Waals surface area contributed by atoms with Crippen molar-refractivity contribution in [3.63, 3.8) is 0 Å². The van der Waals surface area contributed by atoms with Crippen LogP contribution in [0.1, 0.15) is 30.1 Å². The molecule has 2 unspecified atom stereocenters.